The van der Waals surface area contributed by atoms with Gasteiger partial charge in [-0.05, 0) is 23.8 Å². The molecule has 6 nitrogen and oxygen atoms in total. The van der Waals surface area contributed by atoms with E-state index in [1.807, 2.05) is 24.3 Å². The van der Waals surface area contributed by atoms with Crippen molar-refractivity contribution in [2.75, 3.05) is 29.8 Å². The largest absolute Gasteiger partial charge is 0.497 e. The van der Waals surface area contributed by atoms with Crippen LogP contribution in [-0.4, -0.2) is 31.8 Å². The van der Waals surface area contributed by atoms with Crippen molar-refractivity contribution >= 4 is 35.0 Å². The Morgan fingerprint density at radius 1 is 0.970 bits per heavy atom. The second-order valence-electron chi connectivity index (χ2n) is 7.77. The molecule has 33 heavy (non-hydrogen) atoms. The number of thioether (sulfide) groups is 1. The molecule has 0 aliphatic carbocycles. The van der Waals surface area contributed by atoms with Gasteiger partial charge in [-0.25, -0.2) is 4.39 Å². The van der Waals surface area contributed by atoms with Crippen LogP contribution < -0.4 is 19.3 Å². The van der Waals surface area contributed by atoms with Crippen molar-refractivity contribution in [1.29, 1.82) is 0 Å². The zero-order valence-corrected chi connectivity index (χ0v) is 18.9. The lowest BCUT2D eigenvalue weighted by Crippen LogP contribution is -2.49. The Labute approximate surface area is 194 Å². The van der Waals surface area contributed by atoms with Crippen molar-refractivity contribution < 1.29 is 23.5 Å². The number of carbonyl (C=O) groups excluding carboxylic acids is 2. The quantitative estimate of drug-likeness (QED) is 0.563. The standard InChI is InChI=1S/C25H21FN2O4S/c1-31-19-11-18(12-20(13-19)32-2)28-23(29)15-33-25(28)21-8-3-4-9-22(21)27(24(25)30)14-16-6-5-7-17(26)10-16/h3-13H,14-15H2,1-2H3/t25-/m0/s1. The van der Waals surface area contributed by atoms with Gasteiger partial charge >= 0.3 is 0 Å². The molecule has 0 aromatic heterocycles. The van der Waals surface area contributed by atoms with Gasteiger partial charge in [0.25, 0.3) is 5.91 Å². The summed E-state index contributed by atoms with van der Waals surface area (Å²) in [6, 6.07) is 18.8. The maximum atomic E-state index is 14.1. The Hall–Kier alpha value is -3.52. The Morgan fingerprint density at radius 2 is 1.70 bits per heavy atom. The second-order valence-corrected chi connectivity index (χ2v) is 8.94. The molecule has 168 valence electrons. The third-order valence-corrected chi connectivity index (χ3v) is 7.27. The number of hydrogen-bond acceptors (Lipinski definition) is 5. The van der Waals surface area contributed by atoms with E-state index in [1.54, 1.807) is 35.2 Å². The molecule has 5 rings (SSSR count). The van der Waals surface area contributed by atoms with Crippen molar-refractivity contribution in [2.45, 2.75) is 11.4 Å². The van der Waals surface area contributed by atoms with Gasteiger partial charge in [0.15, 0.2) is 0 Å². The van der Waals surface area contributed by atoms with E-state index in [4.69, 9.17) is 9.47 Å². The summed E-state index contributed by atoms with van der Waals surface area (Å²) >= 11 is 1.29. The van der Waals surface area contributed by atoms with Crippen LogP contribution in [0.4, 0.5) is 15.8 Å². The molecule has 0 saturated carbocycles. The molecule has 1 spiro atoms. The third kappa shape index (κ3) is 3.33. The van der Waals surface area contributed by atoms with Crippen molar-refractivity contribution in [1.82, 2.24) is 0 Å². The van der Waals surface area contributed by atoms with Crippen molar-refractivity contribution in [3.63, 3.8) is 0 Å². The van der Waals surface area contributed by atoms with Crippen LogP contribution >= 0.6 is 11.8 Å². The molecule has 2 amide bonds. The molecule has 3 aromatic carbocycles. The van der Waals surface area contributed by atoms with Crippen molar-refractivity contribution in [3.05, 3.63) is 83.7 Å². The van der Waals surface area contributed by atoms with Gasteiger partial charge in [-0.1, -0.05) is 30.3 Å². The van der Waals surface area contributed by atoms with Crippen LogP contribution in [0.5, 0.6) is 11.5 Å². The first-order chi connectivity index (χ1) is 16.0. The van der Waals surface area contributed by atoms with E-state index >= 15 is 0 Å². The zero-order valence-electron chi connectivity index (χ0n) is 18.1. The first-order valence-corrected chi connectivity index (χ1v) is 11.3. The van der Waals surface area contributed by atoms with Crippen LogP contribution in [0.2, 0.25) is 0 Å². The molecule has 0 bridgehead atoms. The van der Waals surface area contributed by atoms with Gasteiger partial charge in [0.05, 0.1) is 37.9 Å². The Morgan fingerprint density at radius 3 is 2.39 bits per heavy atom. The lowest BCUT2D eigenvalue weighted by Gasteiger charge is -2.33. The van der Waals surface area contributed by atoms with E-state index in [1.165, 1.54) is 43.0 Å². The van der Waals surface area contributed by atoms with Gasteiger partial charge in [0, 0.05) is 23.8 Å². The number of fused-ring (bicyclic) bond motifs is 2. The molecule has 1 saturated heterocycles. The maximum absolute atomic E-state index is 14.1. The predicted octanol–water partition coefficient (Wildman–Crippen LogP) is 4.32. The number of para-hydroxylation sites is 1. The molecule has 1 fully saturated rings. The SMILES string of the molecule is COc1cc(OC)cc(N2C(=O)CS[C@@]23C(=O)N(Cc2cccc(F)c2)c2ccccc23)c1. The van der Waals surface area contributed by atoms with Gasteiger partial charge in [-0.2, -0.15) is 0 Å². The first kappa shape index (κ1) is 21.3. The normalized spacial score (nSPS) is 19.4. The van der Waals surface area contributed by atoms with Gasteiger partial charge in [-0.15, -0.1) is 11.8 Å². The Bertz CT molecular complexity index is 1240. The van der Waals surface area contributed by atoms with Crippen LogP contribution in [0.3, 0.4) is 0 Å². The van der Waals surface area contributed by atoms with Crippen LogP contribution in [0.25, 0.3) is 0 Å². The summed E-state index contributed by atoms with van der Waals surface area (Å²) in [7, 11) is 3.07. The minimum atomic E-state index is -1.27. The minimum Gasteiger partial charge on any atom is -0.497 e. The summed E-state index contributed by atoms with van der Waals surface area (Å²) in [5, 5.41) is 0. The second kappa shape index (κ2) is 8.12. The fraction of sp³-hybridized carbons (Fsp3) is 0.200. The van der Waals surface area contributed by atoms with Crippen LogP contribution in [-0.2, 0) is 21.0 Å². The van der Waals surface area contributed by atoms with E-state index in [0.29, 0.717) is 28.4 Å². The molecular formula is C25H21FN2O4S. The fourth-order valence-corrected chi connectivity index (χ4v) is 5.81. The summed E-state index contributed by atoms with van der Waals surface area (Å²) in [4.78, 5) is 29.2. The summed E-state index contributed by atoms with van der Waals surface area (Å²) in [5.74, 6) is 0.376. The average molecular weight is 465 g/mol. The number of anilines is 2. The maximum Gasteiger partial charge on any atom is 0.269 e. The molecule has 8 heteroatoms. The summed E-state index contributed by atoms with van der Waals surface area (Å²) in [5.41, 5.74) is 2.61. The summed E-state index contributed by atoms with van der Waals surface area (Å²) < 4.78 is 24.6. The minimum absolute atomic E-state index is 0.146. The molecule has 0 unspecified atom stereocenters. The molecule has 0 radical (unpaired) electrons. The highest BCUT2D eigenvalue weighted by Crippen LogP contribution is 2.56. The van der Waals surface area contributed by atoms with E-state index in [-0.39, 0.29) is 29.9 Å². The molecule has 2 heterocycles. The number of ether oxygens (including phenoxy) is 2. The van der Waals surface area contributed by atoms with Crippen LogP contribution in [0.15, 0.2) is 66.7 Å². The predicted molar refractivity (Wildman–Crippen MR) is 125 cm³/mol. The molecular weight excluding hydrogens is 443 g/mol. The fourth-order valence-electron chi connectivity index (χ4n) is 4.45. The van der Waals surface area contributed by atoms with Crippen LogP contribution in [0, 0.1) is 5.82 Å². The number of nitrogens with zero attached hydrogens (tertiary/aromatic N) is 2. The number of halogens is 1. The topological polar surface area (TPSA) is 59.1 Å². The first-order valence-electron chi connectivity index (χ1n) is 10.3. The van der Waals surface area contributed by atoms with Crippen molar-refractivity contribution in [3.8, 4) is 11.5 Å². The van der Waals surface area contributed by atoms with Gasteiger partial charge in [0.2, 0.25) is 10.8 Å². The number of hydrogen-bond donors (Lipinski definition) is 0. The Kier molecular flexibility index (Phi) is 5.25. The monoisotopic (exact) mass is 464 g/mol. The van der Waals surface area contributed by atoms with Gasteiger partial charge in [0.1, 0.15) is 17.3 Å². The average Bonchev–Trinajstić information content (AvgIpc) is 3.29. The van der Waals surface area contributed by atoms with E-state index in [9.17, 15) is 14.0 Å². The van der Waals surface area contributed by atoms with E-state index < -0.39 is 4.87 Å². The zero-order chi connectivity index (χ0) is 23.2. The van der Waals surface area contributed by atoms with E-state index in [2.05, 4.69) is 0 Å². The molecule has 2 aliphatic rings. The molecule has 2 aliphatic heterocycles. The highest BCUT2D eigenvalue weighted by molar-refractivity contribution is 8.02. The molecule has 0 N–H and O–H groups in total. The van der Waals surface area contributed by atoms with E-state index in [0.717, 1.165) is 5.56 Å². The highest BCUT2D eigenvalue weighted by Gasteiger charge is 2.61. The smallest absolute Gasteiger partial charge is 0.269 e. The lowest BCUT2D eigenvalue weighted by molar-refractivity contribution is -0.123. The number of benzene rings is 3. The molecule has 3 aromatic rings. The van der Waals surface area contributed by atoms with Crippen molar-refractivity contribution in [2.24, 2.45) is 0 Å². The molecule has 1 atom stereocenters. The summed E-state index contributed by atoms with van der Waals surface area (Å²) in [6.45, 7) is 0.194. The number of rotatable bonds is 5. The lowest BCUT2D eigenvalue weighted by atomic mass is 10.0. The number of methoxy groups -OCH3 is 2. The summed E-state index contributed by atoms with van der Waals surface area (Å²) in [6.07, 6.45) is 0. The number of carbonyl (C=O) groups is 2. The van der Waals surface area contributed by atoms with Crippen LogP contribution in [0.1, 0.15) is 11.1 Å². The Balaban J connectivity index is 1.65. The number of amides is 2. The van der Waals surface area contributed by atoms with Gasteiger partial charge in [-0.3, -0.25) is 14.5 Å². The highest BCUT2D eigenvalue weighted by atomic mass is 32.2. The van der Waals surface area contributed by atoms with Gasteiger partial charge < -0.3 is 14.4 Å². The third-order valence-electron chi connectivity index (χ3n) is 5.89.